The number of anilines is 1. The summed E-state index contributed by atoms with van der Waals surface area (Å²) in [7, 11) is 0. The topological polar surface area (TPSA) is 97.5 Å². The molecule has 7 nitrogen and oxygen atoms in total. The number of amides is 2. The van der Waals surface area contributed by atoms with Crippen molar-refractivity contribution in [3.63, 3.8) is 0 Å². The molecule has 2 amide bonds. The Morgan fingerprint density at radius 2 is 2.04 bits per heavy atom. The van der Waals surface area contributed by atoms with Crippen molar-refractivity contribution in [2.45, 2.75) is 65.5 Å². The average Bonchev–Trinajstić information content (AvgIpc) is 2.60. The molecule has 26 heavy (non-hydrogen) atoms. The lowest BCUT2D eigenvalue weighted by molar-refractivity contribution is 0.00985. The summed E-state index contributed by atoms with van der Waals surface area (Å²) in [4.78, 5) is 30.3. The van der Waals surface area contributed by atoms with Crippen LogP contribution < -0.4 is 11.1 Å². The molecule has 0 saturated carbocycles. The van der Waals surface area contributed by atoms with Gasteiger partial charge in [0.2, 0.25) is 0 Å². The molecule has 0 bridgehead atoms. The van der Waals surface area contributed by atoms with E-state index < -0.39 is 5.60 Å². The minimum atomic E-state index is -0.537. The summed E-state index contributed by atoms with van der Waals surface area (Å²) in [5, 5.41) is 2.83. The highest BCUT2D eigenvalue weighted by atomic mass is 16.6. The summed E-state index contributed by atoms with van der Waals surface area (Å²) < 4.78 is 5.46. The number of ether oxygens (including phenoxy) is 1. The van der Waals surface area contributed by atoms with Gasteiger partial charge in [0, 0.05) is 19.3 Å². The second kappa shape index (κ2) is 9.99. The molecule has 1 unspecified atom stereocenters. The van der Waals surface area contributed by atoms with E-state index in [1.807, 2.05) is 34.6 Å². The molecule has 3 N–H and O–H groups in total. The van der Waals surface area contributed by atoms with Gasteiger partial charge in [0.1, 0.15) is 5.60 Å². The van der Waals surface area contributed by atoms with Crippen LogP contribution in [0.3, 0.4) is 0 Å². The molecule has 2 rings (SSSR count). The van der Waals surface area contributed by atoms with E-state index in [2.05, 4.69) is 10.3 Å². The number of aromatic nitrogens is 1. The van der Waals surface area contributed by atoms with Gasteiger partial charge in [-0.1, -0.05) is 13.8 Å². The Labute approximate surface area is 156 Å². The number of nitrogens with zero attached hydrogens (tertiary/aromatic N) is 2. The van der Waals surface area contributed by atoms with E-state index in [0.29, 0.717) is 18.8 Å². The van der Waals surface area contributed by atoms with Crippen molar-refractivity contribution >= 4 is 17.7 Å². The number of piperidine rings is 1. The predicted octanol–water partition coefficient (Wildman–Crippen LogP) is 3.21. The summed E-state index contributed by atoms with van der Waals surface area (Å²) in [6.45, 7) is 10.5. The summed E-state index contributed by atoms with van der Waals surface area (Å²) >= 11 is 0. The summed E-state index contributed by atoms with van der Waals surface area (Å²) in [6, 6.07) is 3.23. The van der Waals surface area contributed by atoms with Crippen LogP contribution in [0, 0.1) is 0 Å². The van der Waals surface area contributed by atoms with E-state index in [-0.39, 0.29) is 23.7 Å². The van der Waals surface area contributed by atoms with Crippen LogP contribution >= 0.6 is 0 Å². The summed E-state index contributed by atoms with van der Waals surface area (Å²) in [6.07, 6.45) is 3.98. The van der Waals surface area contributed by atoms with Crippen LogP contribution in [0.15, 0.2) is 18.3 Å². The van der Waals surface area contributed by atoms with Gasteiger partial charge in [-0.05, 0) is 52.2 Å². The number of hydrogen-bond donors (Lipinski definition) is 2. The Kier molecular flexibility index (Phi) is 8.35. The molecule has 0 aromatic carbocycles. The molecular weight excluding hydrogens is 332 g/mol. The molecule has 0 aliphatic carbocycles. The van der Waals surface area contributed by atoms with Gasteiger partial charge in [0.15, 0.2) is 5.69 Å². The molecule has 1 aromatic heterocycles. The maximum atomic E-state index is 12.4. The molecule has 1 fully saturated rings. The minimum Gasteiger partial charge on any atom is -0.444 e. The molecule has 0 radical (unpaired) electrons. The highest BCUT2D eigenvalue weighted by molar-refractivity contribution is 5.97. The average molecular weight is 364 g/mol. The fourth-order valence-corrected chi connectivity index (χ4v) is 2.68. The molecule has 7 heteroatoms. The Bertz CT molecular complexity index is 599. The first-order valence-electron chi connectivity index (χ1n) is 9.26. The highest BCUT2D eigenvalue weighted by Gasteiger charge is 2.30. The number of nitrogens with one attached hydrogen (secondary N) is 1. The number of rotatable bonds is 3. The molecule has 0 spiro atoms. The number of pyridine rings is 1. The monoisotopic (exact) mass is 364 g/mol. The molecule has 1 aliphatic rings. The van der Waals surface area contributed by atoms with Crippen molar-refractivity contribution in [1.82, 2.24) is 15.2 Å². The van der Waals surface area contributed by atoms with Crippen LogP contribution in [0.5, 0.6) is 0 Å². The Morgan fingerprint density at radius 1 is 1.35 bits per heavy atom. The van der Waals surface area contributed by atoms with Gasteiger partial charge in [-0.2, -0.15) is 0 Å². The van der Waals surface area contributed by atoms with Crippen LogP contribution in [-0.4, -0.2) is 46.6 Å². The normalized spacial score (nSPS) is 17.0. The molecule has 1 aromatic rings. The van der Waals surface area contributed by atoms with Gasteiger partial charge >= 0.3 is 6.09 Å². The highest BCUT2D eigenvalue weighted by Crippen LogP contribution is 2.20. The SMILES string of the molecule is CC.CC(C)(C)OC(=O)N1CCCCC1CNC(=O)c1ncccc1N. The van der Waals surface area contributed by atoms with Crippen LogP contribution in [-0.2, 0) is 4.74 Å². The third-order valence-corrected chi connectivity index (χ3v) is 3.81. The van der Waals surface area contributed by atoms with Gasteiger partial charge in [-0.15, -0.1) is 0 Å². The van der Waals surface area contributed by atoms with Crippen LogP contribution in [0.2, 0.25) is 0 Å². The number of hydrogen-bond acceptors (Lipinski definition) is 5. The minimum absolute atomic E-state index is 0.0810. The molecule has 1 atom stereocenters. The lowest BCUT2D eigenvalue weighted by atomic mass is 10.0. The fraction of sp³-hybridized carbons (Fsp3) is 0.632. The third-order valence-electron chi connectivity index (χ3n) is 3.81. The first-order chi connectivity index (χ1) is 12.3. The van der Waals surface area contributed by atoms with Crippen LogP contribution in [0.4, 0.5) is 10.5 Å². The first-order valence-corrected chi connectivity index (χ1v) is 9.26. The van der Waals surface area contributed by atoms with Crippen molar-refractivity contribution in [2.75, 3.05) is 18.8 Å². The zero-order valence-corrected chi connectivity index (χ0v) is 16.5. The largest absolute Gasteiger partial charge is 0.444 e. The predicted molar refractivity (Wildman–Crippen MR) is 103 cm³/mol. The second-order valence-corrected chi connectivity index (χ2v) is 6.97. The Morgan fingerprint density at radius 3 is 2.65 bits per heavy atom. The van der Waals surface area contributed by atoms with Crippen molar-refractivity contribution in [3.05, 3.63) is 24.0 Å². The van der Waals surface area contributed by atoms with Crippen LogP contribution in [0.1, 0.15) is 64.4 Å². The van der Waals surface area contributed by atoms with Crippen molar-refractivity contribution in [1.29, 1.82) is 0 Å². The van der Waals surface area contributed by atoms with Gasteiger partial charge in [-0.3, -0.25) is 4.79 Å². The molecule has 1 saturated heterocycles. The van der Waals surface area contributed by atoms with E-state index in [4.69, 9.17) is 10.5 Å². The summed E-state index contributed by atoms with van der Waals surface area (Å²) in [5.41, 5.74) is 5.77. The Hall–Kier alpha value is -2.31. The maximum Gasteiger partial charge on any atom is 0.410 e. The molecule has 146 valence electrons. The number of likely N-dealkylation sites (tertiary alicyclic amines) is 1. The second-order valence-electron chi connectivity index (χ2n) is 6.97. The Balaban J connectivity index is 0.00000163. The van der Waals surface area contributed by atoms with Gasteiger partial charge in [0.05, 0.1) is 11.7 Å². The lowest BCUT2D eigenvalue weighted by Crippen LogP contribution is -2.50. The van der Waals surface area contributed by atoms with Gasteiger partial charge in [0.25, 0.3) is 5.91 Å². The van der Waals surface area contributed by atoms with E-state index in [1.54, 1.807) is 17.0 Å². The zero-order valence-electron chi connectivity index (χ0n) is 16.5. The quantitative estimate of drug-likeness (QED) is 0.858. The van der Waals surface area contributed by atoms with Gasteiger partial charge < -0.3 is 20.7 Å². The number of nitrogens with two attached hydrogens (primary N) is 1. The smallest absolute Gasteiger partial charge is 0.410 e. The first kappa shape index (κ1) is 21.7. The van der Waals surface area contributed by atoms with E-state index in [1.165, 1.54) is 6.20 Å². The zero-order chi connectivity index (χ0) is 19.7. The molecular formula is C19H32N4O3. The lowest BCUT2D eigenvalue weighted by Gasteiger charge is -2.36. The standard InChI is InChI=1S/C17H26N4O3.C2H6/c1-17(2,3)24-16(23)21-10-5-4-7-12(21)11-20-15(22)14-13(18)8-6-9-19-14;1-2/h6,8-9,12H,4-5,7,10-11,18H2,1-3H3,(H,20,22);1-2H3. The molecule has 2 heterocycles. The van der Waals surface area contributed by atoms with E-state index in [0.717, 1.165) is 19.3 Å². The fourth-order valence-electron chi connectivity index (χ4n) is 2.68. The van der Waals surface area contributed by atoms with Crippen molar-refractivity contribution in [3.8, 4) is 0 Å². The van der Waals surface area contributed by atoms with E-state index in [9.17, 15) is 9.59 Å². The van der Waals surface area contributed by atoms with Crippen LogP contribution in [0.25, 0.3) is 0 Å². The number of carbonyl (C=O) groups is 2. The number of nitrogen functional groups attached to an aromatic ring is 1. The third kappa shape index (κ3) is 6.54. The van der Waals surface area contributed by atoms with Crippen molar-refractivity contribution in [2.24, 2.45) is 0 Å². The number of carbonyl (C=O) groups excluding carboxylic acids is 2. The van der Waals surface area contributed by atoms with Gasteiger partial charge in [-0.25, -0.2) is 9.78 Å². The maximum absolute atomic E-state index is 12.4. The van der Waals surface area contributed by atoms with E-state index >= 15 is 0 Å². The van der Waals surface area contributed by atoms with Crippen molar-refractivity contribution < 1.29 is 14.3 Å². The molecule has 1 aliphatic heterocycles. The summed E-state index contributed by atoms with van der Waals surface area (Å²) in [5.74, 6) is -0.331.